The Balaban J connectivity index is 4.52. The first-order chi connectivity index (χ1) is 10.1. The summed E-state index contributed by atoms with van der Waals surface area (Å²) in [4.78, 5) is 36.0. The molecule has 0 spiro atoms. The van der Waals surface area contributed by atoms with Crippen LogP contribution in [0.4, 0.5) is 0 Å². The Hall–Kier alpha value is -1.43. The lowest BCUT2D eigenvalue weighted by atomic mass is 10.0. The van der Waals surface area contributed by atoms with E-state index < -0.39 is 12.1 Å². The van der Waals surface area contributed by atoms with E-state index in [0.29, 0.717) is 6.42 Å². The maximum absolute atomic E-state index is 12.1. The van der Waals surface area contributed by atoms with Gasteiger partial charge in [-0.1, -0.05) is 34.6 Å². The zero-order valence-electron chi connectivity index (χ0n) is 14.8. The van der Waals surface area contributed by atoms with Crippen LogP contribution in [0.5, 0.6) is 0 Å². The fourth-order valence-corrected chi connectivity index (χ4v) is 2.07. The Kier molecular flexibility index (Phi) is 8.94. The van der Waals surface area contributed by atoms with Crippen LogP contribution in [0.2, 0.25) is 0 Å². The highest BCUT2D eigenvalue weighted by Gasteiger charge is 2.24. The van der Waals surface area contributed by atoms with E-state index in [1.807, 2.05) is 20.8 Å². The predicted octanol–water partition coefficient (Wildman–Crippen LogP) is 0.998. The summed E-state index contributed by atoms with van der Waals surface area (Å²) in [6.07, 6.45) is 0.639. The van der Waals surface area contributed by atoms with Gasteiger partial charge in [-0.15, -0.1) is 0 Å². The van der Waals surface area contributed by atoms with Crippen LogP contribution in [-0.4, -0.2) is 41.8 Å². The van der Waals surface area contributed by atoms with Gasteiger partial charge in [0.25, 0.3) is 0 Å². The maximum atomic E-state index is 12.1. The van der Waals surface area contributed by atoms with Crippen molar-refractivity contribution in [2.24, 2.45) is 5.92 Å². The maximum Gasteiger partial charge on any atom is 0.242 e. The van der Waals surface area contributed by atoms with Gasteiger partial charge in [-0.3, -0.25) is 14.4 Å². The van der Waals surface area contributed by atoms with Crippen molar-refractivity contribution in [3.63, 3.8) is 0 Å². The van der Waals surface area contributed by atoms with Crippen LogP contribution in [0.3, 0.4) is 0 Å². The van der Waals surface area contributed by atoms with E-state index >= 15 is 0 Å². The second kappa shape index (κ2) is 9.56. The van der Waals surface area contributed by atoms with Crippen LogP contribution >= 0.6 is 0 Å². The highest BCUT2D eigenvalue weighted by molar-refractivity contribution is 5.93. The summed E-state index contributed by atoms with van der Waals surface area (Å²) in [6, 6.07) is -1.38. The molecule has 3 N–H and O–H groups in total. The molecule has 0 aromatic carbocycles. The Labute approximate surface area is 133 Å². The molecule has 0 saturated heterocycles. The minimum Gasteiger partial charge on any atom is -0.345 e. The molecular formula is C16H31N3O3. The number of Topliss-reactive ketones (excluding diaryl/α,β-unsaturated/α-hetero) is 1. The standard InChI is InChI=1S/C16H31N3O3/c1-8-13(17-10(4)5)16(22)19-12(7)15(21)18-11(6)14(20)9(2)3/h9-13,17H,8H2,1-7H3,(H,18,21)(H,19,22). The zero-order chi connectivity index (χ0) is 17.4. The molecule has 22 heavy (non-hydrogen) atoms. The molecule has 2 amide bonds. The van der Waals surface area contributed by atoms with Gasteiger partial charge in [-0.25, -0.2) is 0 Å². The van der Waals surface area contributed by atoms with Gasteiger partial charge in [0.05, 0.1) is 12.1 Å². The van der Waals surface area contributed by atoms with Crippen LogP contribution in [0.1, 0.15) is 54.9 Å². The molecule has 6 nitrogen and oxygen atoms in total. The van der Waals surface area contributed by atoms with E-state index in [0.717, 1.165) is 0 Å². The summed E-state index contributed by atoms with van der Waals surface area (Å²) in [7, 11) is 0. The second-order valence-electron chi connectivity index (χ2n) is 6.30. The minimum absolute atomic E-state index is 0.0280. The highest BCUT2D eigenvalue weighted by Crippen LogP contribution is 2.00. The van der Waals surface area contributed by atoms with Gasteiger partial charge in [-0.2, -0.15) is 0 Å². The first-order valence-electron chi connectivity index (χ1n) is 8.00. The molecule has 0 rings (SSSR count). The van der Waals surface area contributed by atoms with Gasteiger partial charge in [-0.05, 0) is 20.3 Å². The molecule has 0 heterocycles. The van der Waals surface area contributed by atoms with Crippen molar-refractivity contribution >= 4 is 17.6 Å². The molecule has 0 fully saturated rings. The molecule has 0 aliphatic rings. The van der Waals surface area contributed by atoms with Crippen molar-refractivity contribution < 1.29 is 14.4 Å². The molecule has 3 unspecified atom stereocenters. The fraction of sp³-hybridized carbons (Fsp3) is 0.812. The van der Waals surface area contributed by atoms with E-state index in [2.05, 4.69) is 16.0 Å². The molecule has 0 saturated carbocycles. The summed E-state index contributed by atoms with van der Waals surface area (Å²) in [5.74, 6) is -0.726. The Morgan fingerprint density at radius 2 is 1.32 bits per heavy atom. The average Bonchev–Trinajstić information content (AvgIpc) is 2.42. The van der Waals surface area contributed by atoms with Gasteiger partial charge in [0.2, 0.25) is 11.8 Å². The van der Waals surface area contributed by atoms with Gasteiger partial charge in [0.15, 0.2) is 5.78 Å². The summed E-state index contributed by atoms with van der Waals surface area (Å²) in [5, 5.41) is 8.47. The lowest BCUT2D eigenvalue weighted by Gasteiger charge is -2.23. The molecule has 6 heteroatoms. The topological polar surface area (TPSA) is 87.3 Å². The van der Waals surface area contributed by atoms with Crippen LogP contribution in [0, 0.1) is 5.92 Å². The third kappa shape index (κ3) is 7.02. The molecule has 0 aromatic rings. The van der Waals surface area contributed by atoms with E-state index in [-0.39, 0.29) is 35.6 Å². The molecule has 0 bridgehead atoms. The molecule has 0 aliphatic heterocycles. The van der Waals surface area contributed by atoms with Crippen molar-refractivity contribution in [2.75, 3.05) is 0 Å². The quantitative estimate of drug-likeness (QED) is 0.592. The Morgan fingerprint density at radius 3 is 1.73 bits per heavy atom. The Bertz CT molecular complexity index is 394. The lowest BCUT2D eigenvalue weighted by Crippen LogP contribution is -2.54. The number of carbonyl (C=O) groups is 3. The normalized spacial score (nSPS) is 15.3. The van der Waals surface area contributed by atoms with E-state index in [4.69, 9.17) is 0 Å². The summed E-state index contributed by atoms with van der Waals surface area (Å²) in [6.45, 7) is 12.7. The molecular weight excluding hydrogens is 282 g/mol. The molecule has 0 radical (unpaired) electrons. The number of hydrogen-bond donors (Lipinski definition) is 3. The second-order valence-corrected chi connectivity index (χ2v) is 6.30. The minimum atomic E-state index is -0.682. The highest BCUT2D eigenvalue weighted by atomic mass is 16.2. The summed E-state index contributed by atoms with van der Waals surface area (Å²) < 4.78 is 0. The first-order valence-corrected chi connectivity index (χ1v) is 8.00. The van der Waals surface area contributed by atoms with E-state index in [1.54, 1.807) is 27.7 Å². The monoisotopic (exact) mass is 313 g/mol. The largest absolute Gasteiger partial charge is 0.345 e. The van der Waals surface area contributed by atoms with E-state index in [1.165, 1.54) is 0 Å². The van der Waals surface area contributed by atoms with Gasteiger partial charge in [0, 0.05) is 12.0 Å². The first kappa shape index (κ1) is 20.6. The fourth-order valence-electron chi connectivity index (χ4n) is 2.07. The number of hydrogen-bond acceptors (Lipinski definition) is 4. The van der Waals surface area contributed by atoms with Crippen molar-refractivity contribution in [1.29, 1.82) is 0 Å². The molecule has 0 aliphatic carbocycles. The van der Waals surface area contributed by atoms with Crippen LogP contribution in [0.25, 0.3) is 0 Å². The van der Waals surface area contributed by atoms with Crippen LogP contribution < -0.4 is 16.0 Å². The van der Waals surface area contributed by atoms with E-state index in [9.17, 15) is 14.4 Å². The van der Waals surface area contributed by atoms with Crippen molar-refractivity contribution in [1.82, 2.24) is 16.0 Å². The predicted molar refractivity (Wildman–Crippen MR) is 87.4 cm³/mol. The molecule has 0 aromatic heterocycles. The SMILES string of the molecule is CCC(NC(C)C)C(=O)NC(C)C(=O)NC(C)C(=O)C(C)C. The van der Waals surface area contributed by atoms with Gasteiger partial charge >= 0.3 is 0 Å². The summed E-state index contributed by atoms with van der Waals surface area (Å²) in [5.41, 5.74) is 0. The van der Waals surface area contributed by atoms with Crippen molar-refractivity contribution in [3.8, 4) is 0 Å². The van der Waals surface area contributed by atoms with Crippen LogP contribution in [-0.2, 0) is 14.4 Å². The third-order valence-corrected chi connectivity index (χ3v) is 3.37. The van der Waals surface area contributed by atoms with Crippen LogP contribution in [0.15, 0.2) is 0 Å². The number of carbonyl (C=O) groups excluding carboxylic acids is 3. The van der Waals surface area contributed by atoms with Gasteiger partial charge in [0.1, 0.15) is 6.04 Å². The number of ketones is 1. The Morgan fingerprint density at radius 1 is 0.818 bits per heavy atom. The average molecular weight is 313 g/mol. The smallest absolute Gasteiger partial charge is 0.242 e. The molecule has 128 valence electrons. The lowest BCUT2D eigenvalue weighted by molar-refractivity contribution is -0.132. The van der Waals surface area contributed by atoms with Crippen molar-refractivity contribution in [3.05, 3.63) is 0 Å². The number of nitrogens with one attached hydrogen (secondary N) is 3. The summed E-state index contributed by atoms with van der Waals surface area (Å²) >= 11 is 0. The zero-order valence-corrected chi connectivity index (χ0v) is 14.8. The number of amides is 2. The van der Waals surface area contributed by atoms with Crippen molar-refractivity contribution in [2.45, 2.75) is 79.1 Å². The molecule has 3 atom stereocenters. The van der Waals surface area contributed by atoms with Gasteiger partial charge < -0.3 is 16.0 Å². The number of rotatable bonds is 9. The third-order valence-electron chi connectivity index (χ3n) is 3.37.